The second kappa shape index (κ2) is 7.08. The molecule has 1 aliphatic heterocycles. The van der Waals surface area contributed by atoms with Gasteiger partial charge in [0, 0.05) is 11.6 Å². The van der Waals surface area contributed by atoms with Crippen molar-refractivity contribution in [3.8, 4) is 5.75 Å². The summed E-state index contributed by atoms with van der Waals surface area (Å²) >= 11 is 0. The minimum atomic E-state index is -0.678. The molecular weight excluding hydrogens is 378 g/mol. The zero-order valence-electron chi connectivity index (χ0n) is 17.2. The first-order valence-corrected chi connectivity index (χ1v) is 10.7. The van der Waals surface area contributed by atoms with Gasteiger partial charge in [-0.25, -0.2) is 4.90 Å². The maximum absolute atomic E-state index is 13.1. The summed E-state index contributed by atoms with van der Waals surface area (Å²) in [6, 6.07) is 14.3. The van der Waals surface area contributed by atoms with E-state index in [9.17, 15) is 14.4 Å². The number of Topliss-reactive ketones (excluding diaryl/α,β-unsaturated/α-hetero) is 1. The first-order chi connectivity index (χ1) is 14.4. The lowest BCUT2D eigenvalue weighted by atomic mass is 9.81. The Morgan fingerprint density at radius 1 is 1.00 bits per heavy atom. The quantitative estimate of drug-likeness (QED) is 0.555. The summed E-state index contributed by atoms with van der Waals surface area (Å²) in [5.41, 5.74) is 2.22. The molecule has 2 aliphatic carbocycles. The fraction of sp³-hybridized carbons (Fsp3) is 0.400. The highest BCUT2D eigenvalue weighted by atomic mass is 16.5. The van der Waals surface area contributed by atoms with Gasteiger partial charge >= 0.3 is 0 Å². The van der Waals surface area contributed by atoms with Gasteiger partial charge < -0.3 is 4.74 Å². The second-order valence-corrected chi connectivity index (χ2v) is 8.88. The van der Waals surface area contributed by atoms with Gasteiger partial charge in [-0.2, -0.15) is 0 Å². The largest absolute Gasteiger partial charge is 0.482 e. The van der Waals surface area contributed by atoms with Crippen molar-refractivity contribution in [1.82, 2.24) is 0 Å². The van der Waals surface area contributed by atoms with Crippen molar-refractivity contribution in [1.29, 1.82) is 0 Å². The lowest BCUT2D eigenvalue weighted by Crippen LogP contribution is -2.32. The van der Waals surface area contributed by atoms with Gasteiger partial charge in [0.25, 0.3) is 0 Å². The lowest BCUT2D eigenvalue weighted by Gasteiger charge is -2.19. The third kappa shape index (κ3) is 2.95. The van der Waals surface area contributed by atoms with Crippen LogP contribution in [0.15, 0.2) is 48.5 Å². The molecule has 2 aromatic carbocycles. The van der Waals surface area contributed by atoms with Gasteiger partial charge in [-0.3, -0.25) is 14.4 Å². The Balaban J connectivity index is 1.35. The normalized spacial score (nSPS) is 28.0. The first kappa shape index (κ1) is 19.0. The Kier molecular flexibility index (Phi) is 4.49. The molecule has 5 nitrogen and oxygen atoms in total. The molecular formula is C25H25NO4. The molecule has 0 unspecified atom stereocenters. The number of rotatable bonds is 5. The summed E-state index contributed by atoms with van der Waals surface area (Å²) in [6.07, 6.45) is 2.45. The number of anilines is 1. The molecule has 5 heteroatoms. The molecule has 154 valence electrons. The van der Waals surface area contributed by atoms with Gasteiger partial charge in [-0.15, -0.1) is 0 Å². The summed E-state index contributed by atoms with van der Waals surface area (Å²) in [7, 11) is 0. The number of hydrogen-bond donors (Lipinski definition) is 0. The first-order valence-electron chi connectivity index (χ1n) is 10.7. The van der Waals surface area contributed by atoms with Crippen molar-refractivity contribution >= 4 is 23.3 Å². The van der Waals surface area contributed by atoms with Crippen LogP contribution in [0.1, 0.15) is 42.1 Å². The molecule has 2 bridgehead atoms. The van der Waals surface area contributed by atoms with Crippen LogP contribution < -0.4 is 9.64 Å². The van der Waals surface area contributed by atoms with E-state index in [4.69, 9.17) is 4.74 Å². The Morgan fingerprint density at radius 3 is 2.27 bits per heavy atom. The number of hydrogen-bond acceptors (Lipinski definition) is 4. The lowest BCUT2D eigenvalue weighted by molar-refractivity contribution is -0.123. The topological polar surface area (TPSA) is 63.7 Å². The van der Waals surface area contributed by atoms with Crippen LogP contribution in [0, 0.1) is 30.6 Å². The number of ether oxygens (including phenoxy) is 1. The molecule has 5 atom stereocenters. The standard InChI is InChI=1S/C25H25NO4/c1-14-6-8-16(9-7-14)23(27)15(2)30-20-5-3-4-19(13-20)26-24(28)21-17-10-11-18(12-17)22(21)25(26)29/h3-9,13,15,17-18,21-22H,10-12H2,1-2H3/t15-,17-,18+,21+,22-/m1/s1. The van der Waals surface area contributed by atoms with Crippen molar-refractivity contribution in [2.45, 2.75) is 39.2 Å². The van der Waals surface area contributed by atoms with E-state index in [1.165, 1.54) is 4.90 Å². The van der Waals surface area contributed by atoms with E-state index in [2.05, 4.69) is 0 Å². The molecule has 0 N–H and O–H groups in total. The third-order valence-electron chi connectivity index (χ3n) is 7.02. The molecule has 0 aromatic heterocycles. The average Bonchev–Trinajstić information content (AvgIpc) is 3.42. The molecule has 2 amide bonds. The van der Waals surface area contributed by atoms with Gasteiger partial charge in [0.1, 0.15) is 5.75 Å². The molecule has 30 heavy (non-hydrogen) atoms. The summed E-state index contributed by atoms with van der Waals surface area (Å²) < 4.78 is 5.88. The van der Waals surface area contributed by atoms with E-state index in [-0.39, 0.29) is 29.4 Å². The van der Waals surface area contributed by atoms with Gasteiger partial charge in [0.05, 0.1) is 17.5 Å². The third-order valence-corrected chi connectivity index (χ3v) is 7.02. The number of carbonyl (C=O) groups excluding carboxylic acids is 3. The van der Waals surface area contributed by atoms with E-state index >= 15 is 0 Å². The fourth-order valence-electron chi connectivity index (χ4n) is 5.57. The summed E-state index contributed by atoms with van der Waals surface area (Å²) in [4.78, 5) is 40.1. The number of amides is 2. The highest BCUT2D eigenvalue weighted by molar-refractivity contribution is 6.22. The Morgan fingerprint density at radius 2 is 1.63 bits per heavy atom. The van der Waals surface area contributed by atoms with Crippen LogP contribution in [-0.2, 0) is 9.59 Å². The molecule has 2 saturated carbocycles. The molecule has 0 spiro atoms. The van der Waals surface area contributed by atoms with E-state index < -0.39 is 6.10 Å². The molecule has 5 rings (SSSR count). The molecule has 3 fully saturated rings. The summed E-state index contributed by atoms with van der Waals surface area (Å²) in [5, 5.41) is 0. The van der Waals surface area contributed by atoms with Gasteiger partial charge in [0.15, 0.2) is 6.10 Å². The summed E-state index contributed by atoms with van der Waals surface area (Å²) in [6.45, 7) is 3.68. The second-order valence-electron chi connectivity index (χ2n) is 8.88. The van der Waals surface area contributed by atoms with Crippen LogP contribution in [0.4, 0.5) is 5.69 Å². The molecule has 2 aromatic rings. The maximum atomic E-state index is 13.1. The van der Waals surface area contributed by atoms with E-state index in [0.29, 0.717) is 28.8 Å². The Bertz CT molecular complexity index is 1000. The van der Waals surface area contributed by atoms with E-state index in [1.54, 1.807) is 43.3 Å². The predicted molar refractivity (Wildman–Crippen MR) is 112 cm³/mol. The minimum absolute atomic E-state index is 0.0712. The molecule has 1 saturated heterocycles. The highest BCUT2D eigenvalue weighted by Gasteiger charge is 2.61. The van der Waals surface area contributed by atoms with E-state index in [1.807, 2.05) is 19.1 Å². The summed E-state index contributed by atoms with van der Waals surface area (Å²) in [5.74, 6) is 0.629. The molecule has 1 heterocycles. The maximum Gasteiger partial charge on any atom is 0.237 e. The van der Waals surface area contributed by atoms with Crippen LogP contribution in [0.25, 0.3) is 0 Å². The smallest absolute Gasteiger partial charge is 0.237 e. The highest BCUT2D eigenvalue weighted by Crippen LogP contribution is 2.56. The Labute approximate surface area is 176 Å². The number of aryl methyl sites for hydroxylation is 1. The number of carbonyl (C=O) groups is 3. The number of ketones is 1. The number of imide groups is 1. The van der Waals surface area contributed by atoms with Gasteiger partial charge in [-0.05, 0) is 57.1 Å². The zero-order chi connectivity index (χ0) is 21.0. The van der Waals surface area contributed by atoms with Crippen molar-refractivity contribution in [3.05, 3.63) is 59.7 Å². The number of benzene rings is 2. The fourth-order valence-corrected chi connectivity index (χ4v) is 5.57. The van der Waals surface area contributed by atoms with Crippen molar-refractivity contribution in [3.63, 3.8) is 0 Å². The van der Waals surface area contributed by atoms with Crippen molar-refractivity contribution < 1.29 is 19.1 Å². The minimum Gasteiger partial charge on any atom is -0.482 e. The van der Waals surface area contributed by atoms with Crippen LogP contribution in [0.5, 0.6) is 5.75 Å². The van der Waals surface area contributed by atoms with E-state index in [0.717, 1.165) is 24.8 Å². The van der Waals surface area contributed by atoms with Crippen LogP contribution in [-0.4, -0.2) is 23.7 Å². The van der Waals surface area contributed by atoms with Crippen LogP contribution in [0.3, 0.4) is 0 Å². The Hall–Kier alpha value is -2.95. The number of fused-ring (bicyclic) bond motifs is 5. The molecule has 0 radical (unpaired) electrons. The zero-order valence-corrected chi connectivity index (χ0v) is 17.2. The van der Waals surface area contributed by atoms with Crippen LogP contribution >= 0.6 is 0 Å². The SMILES string of the molecule is Cc1ccc(C(=O)[C@@H](C)Oc2cccc(N3C(=O)[C@@H]4[C@H]5CC[C@H](C5)[C@@H]4C3=O)c2)cc1. The van der Waals surface area contributed by atoms with Gasteiger partial charge in [-0.1, -0.05) is 35.9 Å². The predicted octanol–water partition coefficient (Wildman–Crippen LogP) is 4.18. The monoisotopic (exact) mass is 403 g/mol. The average molecular weight is 403 g/mol. The molecule has 3 aliphatic rings. The van der Waals surface area contributed by atoms with Crippen molar-refractivity contribution in [2.75, 3.05) is 4.90 Å². The number of nitrogens with zero attached hydrogens (tertiary/aromatic N) is 1. The van der Waals surface area contributed by atoms with Gasteiger partial charge in [0.2, 0.25) is 17.6 Å². The van der Waals surface area contributed by atoms with Crippen LogP contribution in [0.2, 0.25) is 0 Å². The van der Waals surface area contributed by atoms with Crippen molar-refractivity contribution in [2.24, 2.45) is 23.7 Å².